The molecule has 21 heavy (non-hydrogen) atoms. The Hall–Kier alpha value is -2.09. The fraction of sp³-hybridized carbons (Fsp3) is 0.0833. The molecule has 0 saturated heterocycles. The average molecular weight is 405 g/mol. The minimum Gasteiger partial charge on any atom is -0.382 e. The molecule has 0 radical (unpaired) electrons. The highest BCUT2D eigenvalue weighted by molar-refractivity contribution is 14.1. The van der Waals surface area contributed by atoms with Gasteiger partial charge in [0.1, 0.15) is 17.5 Å². The fourth-order valence-electron chi connectivity index (χ4n) is 1.76. The lowest BCUT2D eigenvalue weighted by atomic mass is 10.0. The molecule has 2 rings (SSSR count). The van der Waals surface area contributed by atoms with Crippen LogP contribution in [0.25, 0.3) is 11.3 Å². The highest BCUT2D eigenvalue weighted by atomic mass is 127. The summed E-state index contributed by atoms with van der Waals surface area (Å²) in [5.74, 6) is -0.556. The first kappa shape index (κ1) is 15.3. The van der Waals surface area contributed by atoms with Crippen molar-refractivity contribution in [3.63, 3.8) is 0 Å². The van der Waals surface area contributed by atoms with E-state index in [0.29, 0.717) is 3.57 Å². The van der Waals surface area contributed by atoms with Gasteiger partial charge in [0.05, 0.1) is 11.3 Å². The number of hydrogen-bond donors (Lipinski definition) is 2. The predicted molar refractivity (Wildman–Crippen MR) is 78.7 cm³/mol. The van der Waals surface area contributed by atoms with E-state index in [1.807, 2.05) is 0 Å². The minimum absolute atomic E-state index is 0.230. The molecule has 0 aliphatic carbocycles. The molecule has 0 aliphatic heterocycles. The van der Waals surface area contributed by atoms with E-state index in [1.165, 1.54) is 12.1 Å². The maximum absolute atomic E-state index is 13.2. The van der Waals surface area contributed by atoms with Crippen molar-refractivity contribution in [3.05, 3.63) is 32.9 Å². The molecule has 1 aromatic carbocycles. The molecule has 2 aromatic rings. The summed E-state index contributed by atoms with van der Waals surface area (Å²) in [6.07, 6.45) is -4.60. The van der Waals surface area contributed by atoms with Crippen molar-refractivity contribution in [1.82, 2.24) is 9.97 Å². The Morgan fingerprint density at radius 2 is 1.86 bits per heavy atom. The van der Waals surface area contributed by atoms with Crippen LogP contribution in [0.5, 0.6) is 0 Å². The van der Waals surface area contributed by atoms with E-state index in [2.05, 4.69) is 9.97 Å². The van der Waals surface area contributed by atoms with Crippen molar-refractivity contribution >= 4 is 34.4 Å². The van der Waals surface area contributed by atoms with Crippen molar-refractivity contribution in [2.75, 3.05) is 11.5 Å². The second kappa shape index (κ2) is 5.36. The number of hydrogen-bond acceptors (Lipinski definition) is 5. The van der Waals surface area contributed by atoms with Crippen LogP contribution in [0.2, 0.25) is 0 Å². The van der Waals surface area contributed by atoms with Crippen molar-refractivity contribution in [2.24, 2.45) is 0 Å². The van der Waals surface area contributed by atoms with E-state index in [-0.39, 0.29) is 28.6 Å². The number of aromatic nitrogens is 2. The second-order valence-corrected chi connectivity index (χ2v) is 5.24. The molecule has 5 nitrogen and oxygen atoms in total. The molecular formula is C12H7F3IN5. The predicted octanol–water partition coefficient (Wildman–Crippen LogP) is 2.80. The van der Waals surface area contributed by atoms with Crippen LogP contribution in [-0.4, -0.2) is 9.97 Å². The molecule has 1 aromatic heterocycles. The minimum atomic E-state index is -4.60. The van der Waals surface area contributed by atoms with E-state index in [0.717, 1.165) is 6.07 Å². The SMILES string of the molecule is N#Cc1c(N)nc(N)nc1-c1ccc(I)cc1C(F)(F)F. The van der Waals surface area contributed by atoms with Gasteiger partial charge in [-0.05, 0) is 34.7 Å². The molecule has 0 spiro atoms. The smallest absolute Gasteiger partial charge is 0.382 e. The lowest BCUT2D eigenvalue weighted by Crippen LogP contribution is -2.11. The van der Waals surface area contributed by atoms with Gasteiger partial charge in [0.2, 0.25) is 5.95 Å². The van der Waals surface area contributed by atoms with Crippen LogP contribution in [0, 0.1) is 14.9 Å². The molecular weight excluding hydrogens is 398 g/mol. The number of nitrogen functional groups attached to an aromatic ring is 2. The monoisotopic (exact) mass is 405 g/mol. The van der Waals surface area contributed by atoms with E-state index in [9.17, 15) is 13.2 Å². The van der Waals surface area contributed by atoms with Gasteiger partial charge in [-0.1, -0.05) is 6.07 Å². The van der Waals surface area contributed by atoms with Crippen LogP contribution in [0.4, 0.5) is 24.9 Å². The van der Waals surface area contributed by atoms with Gasteiger partial charge in [0.25, 0.3) is 0 Å². The lowest BCUT2D eigenvalue weighted by molar-refractivity contribution is -0.137. The third kappa shape index (κ3) is 2.99. The van der Waals surface area contributed by atoms with Crippen molar-refractivity contribution in [3.8, 4) is 17.3 Å². The standard InChI is InChI=1S/C12H7F3IN5/c13-12(14,15)8-3-5(16)1-2-6(8)9-7(4-17)10(18)21-11(19)20-9/h1-3H,(H4,18,19,20,21). The number of halogens is 4. The summed E-state index contributed by atoms with van der Waals surface area (Å²) in [6.45, 7) is 0. The first-order valence-corrected chi connectivity index (χ1v) is 6.52. The number of nitriles is 1. The van der Waals surface area contributed by atoms with Gasteiger partial charge < -0.3 is 11.5 Å². The largest absolute Gasteiger partial charge is 0.417 e. The third-order valence-electron chi connectivity index (χ3n) is 2.61. The molecule has 1 heterocycles. The topological polar surface area (TPSA) is 102 Å². The van der Waals surface area contributed by atoms with Crippen LogP contribution < -0.4 is 11.5 Å². The zero-order valence-corrected chi connectivity index (χ0v) is 12.4. The molecule has 0 atom stereocenters. The highest BCUT2D eigenvalue weighted by Crippen LogP contribution is 2.39. The Morgan fingerprint density at radius 1 is 1.19 bits per heavy atom. The van der Waals surface area contributed by atoms with E-state index in [1.54, 1.807) is 28.7 Å². The third-order valence-corrected chi connectivity index (χ3v) is 3.28. The van der Waals surface area contributed by atoms with Crippen LogP contribution in [-0.2, 0) is 6.18 Å². The van der Waals surface area contributed by atoms with E-state index < -0.39 is 11.7 Å². The van der Waals surface area contributed by atoms with Crippen molar-refractivity contribution in [1.29, 1.82) is 5.26 Å². The summed E-state index contributed by atoms with van der Waals surface area (Å²) in [5.41, 5.74) is 9.29. The number of benzene rings is 1. The lowest BCUT2D eigenvalue weighted by Gasteiger charge is -2.14. The molecule has 0 unspecified atom stereocenters. The van der Waals surface area contributed by atoms with Crippen molar-refractivity contribution in [2.45, 2.75) is 6.18 Å². The Morgan fingerprint density at radius 3 is 2.43 bits per heavy atom. The Kier molecular flexibility index (Phi) is 3.91. The first-order valence-electron chi connectivity index (χ1n) is 5.44. The summed E-state index contributed by atoms with van der Waals surface area (Å²) >= 11 is 1.77. The summed E-state index contributed by atoms with van der Waals surface area (Å²) in [4.78, 5) is 7.32. The van der Waals surface area contributed by atoms with Gasteiger partial charge in [-0.15, -0.1) is 0 Å². The van der Waals surface area contributed by atoms with Crippen LogP contribution >= 0.6 is 22.6 Å². The molecule has 0 bridgehead atoms. The van der Waals surface area contributed by atoms with E-state index in [4.69, 9.17) is 16.7 Å². The van der Waals surface area contributed by atoms with Gasteiger partial charge >= 0.3 is 6.18 Å². The molecule has 4 N–H and O–H groups in total. The summed E-state index contributed by atoms with van der Waals surface area (Å²) in [7, 11) is 0. The zero-order chi connectivity index (χ0) is 15.8. The summed E-state index contributed by atoms with van der Waals surface area (Å²) in [6, 6.07) is 5.37. The van der Waals surface area contributed by atoms with Gasteiger partial charge in [-0.2, -0.15) is 23.4 Å². The summed E-state index contributed by atoms with van der Waals surface area (Å²) < 4.78 is 39.9. The van der Waals surface area contributed by atoms with Gasteiger partial charge in [0, 0.05) is 9.13 Å². The second-order valence-electron chi connectivity index (χ2n) is 3.99. The van der Waals surface area contributed by atoms with Crippen LogP contribution in [0.1, 0.15) is 11.1 Å². The maximum Gasteiger partial charge on any atom is 0.417 e. The number of rotatable bonds is 1. The van der Waals surface area contributed by atoms with Gasteiger partial charge in [-0.25, -0.2) is 4.98 Å². The number of nitrogens with two attached hydrogens (primary N) is 2. The molecule has 9 heteroatoms. The zero-order valence-electron chi connectivity index (χ0n) is 10.2. The maximum atomic E-state index is 13.2. The van der Waals surface area contributed by atoms with Gasteiger partial charge in [-0.3, -0.25) is 0 Å². The Labute approximate surface area is 130 Å². The van der Waals surface area contributed by atoms with E-state index >= 15 is 0 Å². The molecule has 0 aliphatic rings. The Balaban J connectivity index is 2.83. The summed E-state index contributed by atoms with van der Waals surface area (Å²) in [5, 5.41) is 9.07. The molecule has 108 valence electrons. The first-order chi connectivity index (χ1) is 9.74. The Bertz CT molecular complexity index is 752. The quantitative estimate of drug-likeness (QED) is 0.711. The molecule has 0 amide bonds. The highest BCUT2D eigenvalue weighted by Gasteiger charge is 2.35. The van der Waals surface area contributed by atoms with Crippen LogP contribution in [0.15, 0.2) is 18.2 Å². The van der Waals surface area contributed by atoms with Crippen molar-refractivity contribution < 1.29 is 13.2 Å². The molecule has 0 saturated carbocycles. The normalized spacial score (nSPS) is 11.2. The number of anilines is 2. The van der Waals surface area contributed by atoms with Crippen LogP contribution in [0.3, 0.4) is 0 Å². The number of alkyl halides is 3. The molecule has 0 fully saturated rings. The fourth-order valence-corrected chi connectivity index (χ4v) is 2.25. The average Bonchev–Trinajstić information content (AvgIpc) is 2.36. The number of nitrogens with zero attached hydrogens (tertiary/aromatic N) is 3. The van der Waals surface area contributed by atoms with Gasteiger partial charge in [0.15, 0.2) is 0 Å².